The summed E-state index contributed by atoms with van der Waals surface area (Å²) in [5, 5.41) is 0. The maximum atomic E-state index is 14.4. The van der Waals surface area contributed by atoms with Crippen LogP contribution >= 0.6 is 0 Å². The minimum absolute atomic E-state index is 0.0458. The van der Waals surface area contributed by atoms with Gasteiger partial charge >= 0.3 is 11.9 Å². The molecule has 0 bridgehead atoms. The molecule has 0 aliphatic heterocycles. The van der Waals surface area contributed by atoms with Gasteiger partial charge in [0.05, 0.1) is 7.11 Å². The summed E-state index contributed by atoms with van der Waals surface area (Å²) in [6, 6.07) is 0. The SMILES string of the molecule is COC(=O)C(F)(F)C[C@@H](C)[C@H]1CC[C@]2(N)[C@]1(C)CC[C@@H]1[C@@]3(C)CCC(=O)CC3=CC[C@]12N. The van der Waals surface area contributed by atoms with Gasteiger partial charge in [-0.25, -0.2) is 4.79 Å². The molecular weight excluding hydrogens is 414 g/mol. The Hall–Kier alpha value is -1.34. The first-order valence-electron chi connectivity index (χ1n) is 12.0. The predicted octanol–water partition coefficient (Wildman–Crippen LogP) is 4.13. The number of methoxy groups -OCH3 is 1. The highest BCUT2D eigenvalue weighted by Gasteiger charge is 2.71. The molecule has 4 rings (SSSR count). The summed E-state index contributed by atoms with van der Waals surface area (Å²) in [6.45, 7) is 6.18. The molecule has 32 heavy (non-hydrogen) atoms. The zero-order valence-corrected chi connectivity index (χ0v) is 19.8. The highest BCUT2D eigenvalue weighted by atomic mass is 19.3. The van der Waals surface area contributed by atoms with Gasteiger partial charge in [-0.05, 0) is 67.1 Å². The number of esters is 1. The van der Waals surface area contributed by atoms with Crippen LogP contribution in [-0.4, -0.2) is 35.9 Å². The summed E-state index contributed by atoms with van der Waals surface area (Å²) in [5.41, 5.74) is 13.9. The van der Waals surface area contributed by atoms with E-state index in [0.717, 1.165) is 32.8 Å². The van der Waals surface area contributed by atoms with Crippen LogP contribution in [0.3, 0.4) is 0 Å². The number of fused-ring (bicyclic) bond motifs is 5. The average molecular weight is 453 g/mol. The Kier molecular flexibility index (Phi) is 5.45. The summed E-state index contributed by atoms with van der Waals surface area (Å²) in [4.78, 5) is 23.7. The molecule has 3 saturated carbocycles. The third-order valence-electron chi connectivity index (χ3n) is 10.3. The predicted molar refractivity (Wildman–Crippen MR) is 118 cm³/mol. The molecule has 0 heterocycles. The number of allylic oxidation sites excluding steroid dienone is 1. The molecule has 7 atom stereocenters. The van der Waals surface area contributed by atoms with Crippen LogP contribution in [0.25, 0.3) is 0 Å². The van der Waals surface area contributed by atoms with Crippen molar-refractivity contribution in [2.45, 2.75) is 95.6 Å². The number of hydrogen-bond donors (Lipinski definition) is 2. The maximum Gasteiger partial charge on any atom is 0.376 e. The molecule has 0 saturated heterocycles. The summed E-state index contributed by atoms with van der Waals surface area (Å²) >= 11 is 0. The maximum absolute atomic E-state index is 14.4. The van der Waals surface area contributed by atoms with E-state index in [2.05, 4.69) is 24.7 Å². The normalized spacial score (nSPS) is 44.8. The Labute approximate surface area is 189 Å². The topological polar surface area (TPSA) is 95.4 Å². The van der Waals surface area contributed by atoms with Gasteiger partial charge in [-0.2, -0.15) is 8.78 Å². The first-order chi connectivity index (χ1) is 14.7. The standard InChI is InChI=1S/C25H38F2N2O3/c1-15(14-24(26,27)20(31)32-4)18-7-12-25(29)22(18,3)10-8-19-21(2)9-6-17(30)13-16(21)5-11-23(19,25)28/h5,15,18-19H,6-14,28-29H2,1-4H3/t15-,18-,19-,21+,22-,23+,25+/m1/s1. The molecule has 0 unspecified atom stereocenters. The Morgan fingerprint density at radius 3 is 2.59 bits per heavy atom. The van der Waals surface area contributed by atoms with Crippen LogP contribution < -0.4 is 11.5 Å². The van der Waals surface area contributed by atoms with Gasteiger partial charge in [0.2, 0.25) is 0 Å². The molecule has 0 aromatic rings. The number of nitrogens with two attached hydrogens (primary N) is 2. The minimum Gasteiger partial charge on any atom is -0.465 e. The number of carbonyl (C=O) groups excluding carboxylic acids is 2. The number of rotatable bonds is 4. The number of alkyl halides is 2. The monoisotopic (exact) mass is 452 g/mol. The second kappa shape index (κ2) is 7.33. The van der Waals surface area contributed by atoms with Gasteiger partial charge < -0.3 is 16.2 Å². The van der Waals surface area contributed by atoms with Crippen LogP contribution in [0.5, 0.6) is 0 Å². The van der Waals surface area contributed by atoms with Crippen molar-refractivity contribution >= 4 is 11.8 Å². The number of ether oxygens (including phenoxy) is 1. The van der Waals surface area contributed by atoms with Gasteiger partial charge in [0.1, 0.15) is 5.78 Å². The van der Waals surface area contributed by atoms with Crippen molar-refractivity contribution in [2.75, 3.05) is 7.11 Å². The molecule has 0 radical (unpaired) electrons. The van der Waals surface area contributed by atoms with Gasteiger partial charge in [0, 0.05) is 30.3 Å². The van der Waals surface area contributed by atoms with Crippen molar-refractivity contribution in [3.05, 3.63) is 11.6 Å². The molecule has 4 aliphatic rings. The lowest BCUT2D eigenvalue weighted by Crippen LogP contribution is -2.79. The summed E-state index contributed by atoms with van der Waals surface area (Å²) < 4.78 is 33.1. The number of ketones is 1. The molecule has 3 fully saturated rings. The van der Waals surface area contributed by atoms with Crippen LogP contribution in [-0.2, 0) is 14.3 Å². The molecule has 0 aromatic heterocycles. The Balaban J connectivity index is 1.66. The molecule has 0 aromatic carbocycles. The van der Waals surface area contributed by atoms with Crippen LogP contribution in [0.4, 0.5) is 8.78 Å². The van der Waals surface area contributed by atoms with Crippen LogP contribution in [0.1, 0.15) is 78.6 Å². The first-order valence-corrected chi connectivity index (χ1v) is 12.0. The van der Waals surface area contributed by atoms with Crippen molar-refractivity contribution < 1.29 is 23.1 Å². The van der Waals surface area contributed by atoms with Crippen molar-refractivity contribution in [3.63, 3.8) is 0 Å². The van der Waals surface area contributed by atoms with Gasteiger partial charge in [-0.1, -0.05) is 32.4 Å². The minimum atomic E-state index is -3.51. The van der Waals surface area contributed by atoms with E-state index in [1.165, 1.54) is 5.57 Å². The number of hydrogen-bond acceptors (Lipinski definition) is 5. The van der Waals surface area contributed by atoms with E-state index in [1.807, 2.05) is 0 Å². The van der Waals surface area contributed by atoms with Gasteiger partial charge in [0.25, 0.3) is 0 Å². The molecule has 180 valence electrons. The van der Waals surface area contributed by atoms with E-state index in [-0.39, 0.29) is 17.3 Å². The summed E-state index contributed by atoms with van der Waals surface area (Å²) in [7, 11) is 0.992. The van der Waals surface area contributed by atoms with Crippen LogP contribution in [0.15, 0.2) is 11.6 Å². The largest absolute Gasteiger partial charge is 0.465 e. The summed E-state index contributed by atoms with van der Waals surface area (Å²) in [6.07, 6.45) is 7.26. The van der Waals surface area contributed by atoms with Crippen LogP contribution in [0.2, 0.25) is 0 Å². The molecule has 4 N–H and O–H groups in total. The Morgan fingerprint density at radius 2 is 1.94 bits per heavy atom. The first kappa shape index (κ1) is 23.8. The fraction of sp³-hybridized carbons (Fsp3) is 0.840. The van der Waals surface area contributed by atoms with E-state index in [0.29, 0.717) is 31.5 Å². The highest BCUT2D eigenvalue weighted by molar-refractivity contribution is 5.82. The van der Waals surface area contributed by atoms with Gasteiger partial charge in [-0.3, -0.25) is 4.79 Å². The molecule has 0 amide bonds. The van der Waals surface area contributed by atoms with Crippen molar-refractivity contribution in [1.29, 1.82) is 0 Å². The average Bonchev–Trinajstić information content (AvgIpc) is 3.00. The smallest absolute Gasteiger partial charge is 0.376 e. The fourth-order valence-electron chi connectivity index (χ4n) is 8.46. The number of Topliss-reactive ketones (excluding diaryl/α,β-unsaturated/α-hetero) is 1. The zero-order valence-electron chi connectivity index (χ0n) is 19.8. The van der Waals surface area contributed by atoms with Crippen molar-refractivity contribution in [2.24, 2.45) is 40.1 Å². The molecule has 5 nitrogen and oxygen atoms in total. The molecule has 7 heteroatoms. The van der Waals surface area contributed by atoms with E-state index in [1.54, 1.807) is 6.92 Å². The third-order valence-corrected chi connectivity index (χ3v) is 10.3. The van der Waals surface area contributed by atoms with Gasteiger partial charge in [-0.15, -0.1) is 0 Å². The lowest BCUT2D eigenvalue weighted by Gasteiger charge is -2.67. The Bertz CT molecular complexity index is 860. The Morgan fingerprint density at radius 1 is 1.25 bits per heavy atom. The van der Waals surface area contributed by atoms with Crippen molar-refractivity contribution in [3.8, 4) is 0 Å². The second-order valence-electron chi connectivity index (χ2n) is 11.6. The number of halogens is 2. The zero-order chi connectivity index (χ0) is 23.7. The van der Waals surface area contributed by atoms with E-state index < -0.39 is 40.7 Å². The van der Waals surface area contributed by atoms with Crippen LogP contribution in [0, 0.1) is 28.6 Å². The fourth-order valence-corrected chi connectivity index (χ4v) is 8.46. The van der Waals surface area contributed by atoms with E-state index in [4.69, 9.17) is 11.5 Å². The number of carbonyl (C=O) groups is 2. The quantitative estimate of drug-likeness (QED) is 0.494. The van der Waals surface area contributed by atoms with E-state index >= 15 is 0 Å². The highest BCUT2D eigenvalue weighted by Crippen LogP contribution is 2.68. The van der Waals surface area contributed by atoms with Crippen molar-refractivity contribution in [1.82, 2.24) is 0 Å². The molecule has 0 spiro atoms. The third kappa shape index (κ3) is 2.99. The second-order valence-corrected chi connectivity index (χ2v) is 11.6. The lowest BCUT2D eigenvalue weighted by atomic mass is 9.41. The lowest BCUT2D eigenvalue weighted by molar-refractivity contribution is -0.172. The van der Waals surface area contributed by atoms with Gasteiger partial charge in [0.15, 0.2) is 0 Å². The molecular formula is C25H38F2N2O3. The van der Waals surface area contributed by atoms with E-state index in [9.17, 15) is 18.4 Å². The molecule has 4 aliphatic carbocycles. The summed E-state index contributed by atoms with van der Waals surface area (Å²) in [5.74, 6) is -4.95.